The van der Waals surface area contributed by atoms with Crippen LogP contribution in [0.25, 0.3) is 0 Å². The molecule has 1 saturated heterocycles. The van der Waals surface area contributed by atoms with Gasteiger partial charge in [0.25, 0.3) is 11.8 Å². The van der Waals surface area contributed by atoms with Crippen LogP contribution in [0.3, 0.4) is 0 Å². The highest BCUT2D eigenvalue weighted by Crippen LogP contribution is 2.52. The first-order chi connectivity index (χ1) is 11.6. The first-order valence-corrected chi connectivity index (χ1v) is 7.94. The molecule has 0 radical (unpaired) electrons. The third-order valence-corrected chi connectivity index (χ3v) is 4.93. The van der Waals surface area contributed by atoms with Gasteiger partial charge in [0.2, 0.25) is 0 Å². The first kappa shape index (κ1) is 14.8. The number of ether oxygens (including phenoxy) is 1. The van der Waals surface area contributed by atoms with Gasteiger partial charge in [-0.25, -0.2) is 0 Å². The Bertz CT molecular complexity index is 768. The number of hydrogen-bond acceptors (Lipinski definition) is 5. The molecule has 0 N–H and O–H groups in total. The Morgan fingerprint density at radius 3 is 2.42 bits per heavy atom. The lowest BCUT2D eigenvalue weighted by Crippen LogP contribution is -2.28. The molecule has 0 spiro atoms. The van der Waals surface area contributed by atoms with Crippen molar-refractivity contribution >= 4 is 24.0 Å². The SMILES string of the molecule is CC(=O)Oc1ccccc1C=NN1C(=O)[C@@H]2[C@H](C1=O)[C@H]1C=C[C@H]2C1. The lowest BCUT2D eigenvalue weighted by atomic mass is 9.85. The van der Waals surface area contributed by atoms with Crippen LogP contribution in [-0.4, -0.2) is 29.0 Å². The van der Waals surface area contributed by atoms with Gasteiger partial charge >= 0.3 is 5.97 Å². The molecular weight excluding hydrogens is 308 g/mol. The quantitative estimate of drug-likeness (QED) is 0.279. The van der Waals surface area contributed by atoms with Crippen LogP contribution in [0.5, 0.6) is 5.75 Å². The minimum atomic E-state index is -0.443. The van der Waals surface area contributed by atoms with Crippen molar-refractivity contribution in [1.29, 1.82) is 0 Å². The van der Waals surface area contributed by atoms with Crippen molar-refractivity contribution < 1.29 is 19.1 Å². The fourth-order valence-corrected chi connectivity index (χ4v) is 3.96. The first-order valence-electron chi connectivity index (χ1n) is 7.94. The zero-order valence-corrected chi connectivity index (χ0v) is 13.1. The van der Waals surface area contributed by atoms with E-state index in [9.17, 15) is 14.4 Å². The van der Waals surface area contributed by atoms with Crippen LogP contribution in [0.1, 0.15) is 18.9 Å². The molecule has 2 bridgehead atoms. The molecule has 0 aromatic heterocycles. The minimum absolute atomic E-state index is 0.157. The largest absolute Gasteiger partial charge is 0.426 e. The smallest absolute Gasteiger partial charge is 0.308 e. The molecule has 0 unspecified atom stereocenters. The summed E-state index contributed by atoms with van der Waals surface area (Å²) in [5, 5.41) is 5.07. The van der Waals surface area contributed by atoms with Gasteiger partial charge in [0.05, 0.1) is 18.1 Å². The van der Waals surface area contributed by atoms with E-state index in [0.717, 1.165) is 11.4 Å². The van der Waals surface area contributed by atoms with E-state index in [2.05, 4.69) is 5.10 Å². The van der Waals surface area contributed by atoms with Gasteiger partial charge in [-0.05, 0) is 30.4 Å². The van der Waals surface area contributed by atoms with E-state index in [1.54, 1.807) is 24.3 Å². The molecule has 6 heteroatoms. The van der Waals surface area contributed by atoms with Crippen LogP contribution in [0, 0.1) is 23.7 Å². The lowest BCUT2D eigenvalue weighted by Gasteiger charge is -2.13. The molecule has 4 rings (SSSR count). The lowest BCUT2D eigenvalue weighted by molar-refractivity contribution is -0.140. The fourth-order valence-electron chi connectivity index (χ4n) is 3.96. The van der Waals surface area contributed by atoms with E-state index in [1.807, 2.05) is 12.2 Å². The third-order valence-electron chi connectivity index (χ3n) is 4.93. The molecule has 6 nitrogen and oxygen atoms in total. The van der Waals surface area contributed by atoms with Crippen molar-refractivity contribution in [2.75, 3.05) is 0 Å². The number of hydrogen-bond donors (Lipinski definition) is 0. The zero-order chi connectivity index (χ0) is 16.8. The summed E-state index contributed by atoms with van der Waals surface area (Å²) in [6, 6.07) is 6.84. The molecule has 2 aliphatic carbocycles. The number of carbonyl (C=O) groups is 3. The van der Waals surface area contributed by atoms with E-state index in [0.29, 0.717) is 11.3 Å². The van der Waals surface area contributed by atoms with Crippen molar-refractivity contribution in [2.45, 2.75) is 13.3 Å². The topological polar surface area (TPSA) is 76.0 Å². The highest BCUT2D eigenvalue weighted by Gasteiger charge is 2.59. The molecule has 122 valence electrons. The van der Waals surface area contributed by atoms with Gasteiger partial charge in [-0.1, -0.05) is 24.3 Å². The van der Waals surface area contributed by atoms with E-state index in [4.69, 9.17) is 4.74 Å². The number of allylic oxidation sites excluding steroid dienone is 2. The molecule has 2 amide bonds. The van der Waals surface area contributed by atoms with Gasteiger partial charge in [0, 0.05) is 12.5 Å². The van der Waals surface area contributed by atoms with Crippen LogP contribution < -0.4 is 4.74 Å². The Balaban J connectivity index is 1.59. The fraction of sp³-hybridized carbons (Fsp3) is 0.333. The summed E-state index contributed by atoms with van der Waals surface area (Å²) in [5.74, 6) is -0.793. The summed E-state index contributed by atoms with van der Waals surface area (Å²) in [5.41, 5.74) is 0.534. The normalized spacial score (nSPS) is 30.5. The number of imide groups is 1. The van der Waals surface area contributed by atoms with Gasteiger partial charge < -0.3 is 4.74 Å². The standard InChI is InChI=1S/C18H16N2O4/c1-10(21)24-14-5-3-2-4-13(14)9-19-20-17(22)15-11-6-7-12(8-11)16(15)18(20)23/h2-7,9,11-12,15-16H,8H2,1H3/t11-,12-,15-,16+/m0/s1. The Hall–Kier alpha value is -2.76. The van der Waals surface area contributed by atoms with Crippen LogP contribution >= 0.6 is 0 Å². The number of carbonyl (C=O) groups excluding carboxylic acids is 3. The third kappa shape index (κ3) is 2.18. The number of amides is 2. The Labute approximate surface area is 138 Å². The van der Waals surface area contributed by atoms with Crippen molar-refractivity contribution in [2.24, 2.45) is 28.8 Å². The van der Waals surface area contributed by atoms with E-state index >= 15 is 0 Å². The summed E-state index contributed by atoms with van der Waals surface area (Å²) < 4.78 is 5.10. The van der Waals surface area contributed by atoms with Crippen LogP contribution in [0.15, 0.2) is 41.5 Å². The molecule has 1 saturated carbocycles. The zero-order valence-electron chi connectivity index (χ0n) is 13.1. The number of benzene rings is 1. The van der Waals surface area contributed by atoms with Gasteiger partial charge in [-0.2, -0.15) is 10.1 Å². The number of rotatable bonds is 3. The van der Waals surface area contributed by atoms with Gasteiger partial charge in [-0.3, -0.25) is 14.4 Å². The predicted molar refractivity (Wildman–Crippen MR) is 84.9 cm³/mol. The van der Waals surface area contributed by atoms with Crippen molar-refractivity contribution in [3.05, 3.63) is 42.0 Å². The number of fused-ring (bicyclic) bond motifs is 5. The molecule has 1 aromatic carbocycles. The molecule has 24 heavy (non-hydrogen) atoms. The van der Waals surface area contributed by atoms with Crippen molar-refractivity contribution in [3.63, 3.8) is 0 Å². The molecular formula is C18H16N2O4. The number of nitrogens with zero attached hydrogens (tertiary/aromatic N) is 2. The summed E-state index contributed by atoms with van der Waals surface area (Å²) in [6.07, 6.45) is 6.37. The minimum Gasteiger partial charge on any atom is -0.426 e. The molecule has 1 aliphatic heterocycles. The van der Waals surface area contributed by atoms with Crippen LogP contribution in [0.2, 0.25) is 0 Å². The highest BCUT2D eigenvalue weighted by atomic mass is 16.5. The van der Waals surface area contributed by atoms with E-state index < -0.39 is 5.97 Å². The monoisotopic (exact) mass is 324 g/mol. The maximum absolute atomic E-state index is 12.5. The number of para-hydroxylation sites is 1. The molecule has 2 fully saturated rings. The maximum atomic E-state index is 12.5. The summed E-state index contributed by atoms with van der Waals surface area (Å²) in [7, 11) is 0. The average Bonchev–Trinajstić information content (AvgIpc) is 3.21. The van der Waals surface area contributed by atoms with Gasteiger partial charge in [0.1, 0.15) is 5.75 Å². The molecule has 3 aliphatic rings. The summed E-state index contributed by atoms with van der Waals surface area (Å²) in [4.78, 5) is 36.2. The van der Waals surface area contributed by atoms with Crippen molar-refractivity contribution in [3.8, 4) is 5.75 Å². The Morgan fingerprint density at radius 2 is 1.79 bits per heavy atom. The molecule has 1 aromatic rings. The second-order valence-electron chi connectivity index (χ2n) is 6.36. The highest BCUT2D eigenvalue weighted by molar-refractivity contribution is 6.06. The van der Waals surface area contributed by atoms with E-state index in [1.165, 1.54) is 13.1 Å². The number of esters is 1. The number of hydrazone groups is 1. The molecule has 4 atom stereocenters. The van der Waals surface area contributed by atoms with Gasteiger partial charge in [-0.15, -0.1) is 0 Å². The predicted octanol–water partition coefficient (Wildman–Crippen LogP) is 1.75. The summed E-state index contributed by atoms with van der Waals surface area (Å²) >= 11 is 0. The molecule has 1 heterocycles. The Morgan fingerprint density at radius 1 is 1.17 bits per heavy atom. The van der Waals surface area contributed by atoms with Crippen LogP contribution in [-0.2, 0) is 14.4 Å². The second kappa shape index (κ2) is 5.40. The van der Waals surface area contributed by atoms with Gasteiger partial charge in [0.15, 0.2) is 0 Å². The second-order valence-corrected chi connectivity index (χ2v) is 6.36. The maximum Gasteiger partial charge on any atom is 0.308 e. The average molecular weight is 324 g/mol. The van der Waals surface area contributed by atoms with Crippen LogP contribution in [0.4, 0.5) is 0 Å². The van der Waals surface area contributed by atoms with E-state index in [-0.39, 0.29) is 35.5 Å². The Kier molecular flexibility index (Phi) is 3.33. The summed E-state index contributed by atoms with van der Waals surface area (Å²) in [6.45, 7) is 1.31. The van der Waals surface area contributed by atoms with Crippen molar-refractivity contribution in [1.82, 2.24) is 5.01 Å².